The molecule has 0 saturated carbocycles. The minimum Gasteiger partial charge on any atom is -0.467 e. The standard InChI is InChI=1S/C14H13BrFN3O3/c1-22-14(21)11(5-8-6-17-7-18-8)19-13(20)12-9(15)3-2-4-10(12)16/h2-4,6-7,11H,5H2,1H3,(H,17,18)(H,19,20)/t11-/m0/s1. The number of imidazole rings is 1. The van der Waals surface area contributed by atoms with Crippen LogP contribution in [0.15, 0.2) is 35.2 Å². The van der Waals surface area contributed by atoms with Crippen molar-refractivity contribution in [3.63, 3.8) is 0 Å². The summed E-state index contributed by atoms with van der Waals surface area (Å²) in [5.41, 5.74) is 0.476. The van der Waals surface area contributed by atoms with E-state index >= 15 is 0 Å². The van der Waals surface area contributed by atoms with E-state index in [1.165, 1.54) is 31.8 Å². The maximum atomic E-state index is 13.8. The van der Waals surface area contributed by atoms with Crippen molar-refractivity contribution in [3.05, 3.63) is 52.3 Å². The molecule has 116 valence electrons. The third kappa shape index (κ3) is 3.70. The Balaban J connectivity index is 2.19. The third-order valence-corrected chi connectivity index (χ3v) is 3.62. The van der Waals surface area contributed by atoms with Crippen LogP contribution in [0.4, 0.5) is 4.39 Å². The molecule has 0 aliphatic carbocycles. The third-order valence-electron chi connectivity index (χ3n) is 2.96. The molecule has 1 amide bonds. The van der Waals surface area contributed by atoms with Gasteiger partial charge in [0.15, 0.2) is 0 Å². The van der Waals surface area contributed by atoms with Crippen molar-refractivity contribution in [1.82, 2.24) is 15.3 Å². The summed E-state index contributed by atoms with van der Waals surface area (Å²) in [6.45, 7) is 0. The maximum Gasteiger partial charge on any atom is 0.328 e. The zero-order chi connectivity index (χ0) is 16.1. The van der Waals surface area contributed by atoms with E-state index in [2.05, 4.69) is 36.0 Å². The molecule has 0 bridgehead atoms. The molecule has 0 radical (unpaired) electrons. The highest BCUT2D eigenvalue weighted by molar-refractivity contribution is 9.10. The molecule has 2 N–H and O–H groups in total. The summed E-state index contributed by atoms with van der Waals surface area (Å²) in [7, 11) is 1.22. The minimum absolute atomic E-state index is 0.157. The fourth-order valence-electron chi connectivity index (χ4n) is 1.90. The van der Waals surface area contributed by atoms with Crippen LogP contribution in [0.1, 0.15) is 16.1 Å². The van der Waals surface area contributed by atoms with Crippen molar-refractivity contribution >= 4 is 27.8 Å². The molecule has 0 fully saturated rings. The van der Waals surface area contributed by atoms with Crippen LogP contribution in [0.2, 0.25) is 0 Å². The Hall–Kier alpha value is -2.22. The molecule has 0 saturated heterocycles. The number of carbonyl (C=O) groups is 2. The molecule has 0 spiro atoms. The SMILES string of the molecule is COC(=O)[C@H](Cc1cnc[nH]1)NC(=O)c1c(F)cccc1Br. The Morgan fingerprint density at radius 1 is 1.50 bits per heavy atom. The van der Waals surface area contributed by atoms with E-state index < -0.39 is 23.7 Å². The lowest BCUT2D eigenvalue weighted by Gasteiger charge is -2.16. The molecule has 1 atom stereocenters. The van der Waals surface area contributed by atoms with Gasteiger partial charge in [0.1, 0.15) is 11.9 Å². The first-order chi connectivity index (χ1) is 10.5. The highest BCUT2D eigenvalue weighted by Crippen LogP contribution is 2.19. The van der Waals surface area contributed by atoms with E-state index in [1.54, 1.807) is 6.07 Å². The average molecular weight is 370 g/mol. The van der Waals surface area contributed by atoms with E-state index in [9.17, 15) is 14.0 Å². The van der Waals surface area contributed by atoms with E-state index in [4.69, 9.17) is 0 Å². The van der Waals surface area contributed by atoms with Crippen LogP contribution in [0.25, 0.3) is 0 Å². The summed E-state index contributed by atoms with van der Waals surface area (Å²) < 4.78 is 18.8. The van der Waals surface area contributed by atoms with Gasteiger partial charge in [-0.15, -0.1) is 0 Å². The van der Waals surface area contributed by atoms with Crippen LogP contribution in [-0.2, 0) is 16.0 Å². The Labute approximate surface area is 134 Å². The summed E-state index contributed by atoms with van der Waals surface area (Å²) in [4.78, 5) is 30.7. The van der Waals surface area contributed by atoms with Crippen molar-refractivity contribution in [2.24, 2.45) is 0 Å². The number of methoxy groups -OCH3 is 1. The summed E-state index contributed by atoms with van der Waals surface area (Å²) in [5.74, 6) is -2.02. The number of halogens is 2. The summed E-state index contributed by atoms with van der Waals surface area (Å²) >= 11 is 3.12. The Kier molecular flexibility index (Phi) is 5.26. The molecule has 1 heterocycles. The van der Waals surface area contributed by atoms with Crippen molar-refractivity contribution in [3.8, 4) is 0 Å². The van der Waals surface area contributed by atoms with Crippen LogP contribution in [-0.4, -0.2) is 35.0 Å². The van der Waals surface area contributed by atoms with Gasteiger partial charge in [-0.1, -0.05) is 6.07 Å². The van der Waals surface area contributed by atoms with Gasteiger partial charge in [-0.3, -0.25) is 4.79 Å². The van der Waals surface area contributed by atoms with Crippen molar-refractivity contribution in [2.75, 3.05) is 7.11 Å². The van der Waals surface area contributed by atoms with E-state index in [0.717, 1.165) is 0 Å². The molecule has 0 aliphatic rings. The lowest BCUT2D eigenvalue weighted by atomic mass is 10.1. The largest absolute Gasteiger partial charge is 0.467 e. The van der Waals surface area contributed by atoms with Crippen molar-refractivity contribution in [1.29, 1.82) is 0 Å². The quantitative estimate of drug-likeness (QED) is 0.787. The van der Waals surface area contributed by atoms with E-state index in [0.29, 0.717) is 10.2 Å². The van der Waals surface area contributed by atoms with Gasteiger partial charge in [0, 0.05) is 22.8 Å². The second-order valence-electron chi connectivity index (χ2n) is 4.43. The monoisotopic (exact) mass is 369 g/mol. The molecule has 0 aliphatic heterocycles. The molecule has 6 nitrogen and oxygen atoms in total. The zero-order valence-corrected chi connectivity index (χ0v) is 13.2. The van der Waals surface area contributed by atoms with Crippen LogP contribution in [0.5, 0.6) is 0 Å². The van der Waals surface area contributed by atoms with Crippen molar-refractivity contribution in [2.45, 2.75) is 12.5 Å². The number of hydrogen-bond donors (Lipinski definition) is 2. The smallest absolute Gasteiger partial charge is 0.328 e. The van der Waals surface area contributed by atoms with Crippen LogP contribution in [0, 0.1) is 5.82 Å². The number of aromatic amines is 1. The number of hydrogen-bond acceptors (Lipinski definition) is 4. The molecule has 22 heavy (non-hydrogen) atoms. The number of esters is 1. The predicted molar refractivity (Wildman–Crippen MR) is 79.7 cm³/mol. The van der Waals surface area contributed by atoms with Crippen LogP contribution in [0.3, 0.4) is 0 Å². The Morgan fingerprint density at radius 2 is 2.27 bits per heavy atom. The Morgan fingerprint density at radius 3 is 2.86 bits per heavy atom. The first kappa shape index (κ1) is 16.2. The number of benzene rings is 1. The van der Waals surface area contributed by atoms with Gasteiger partial charge in [0.2, 0.25) is 0 Å². The first-order valence-electron chi connectivity index (χ1n) is 6.33. The highest BCUT2D eigenvalue weighted by Gasteiger charge is 2.25. The lowest BCUT2D eigenvalue weighted by molar-refractivity contribution is -0.142. The number of nitrogens with one attached hydrogen (secondary N) is 2. The van der Waals surface area contributed by atoms with Gasteiger partial charge in [-0.05, 0) is 28.1 Å². The predicted octanol–water partition coefficient (Wildman–Crippen LogP) is 1.83. The highest BCUT2D eigenvalue weighted by atomic mass is 79.9. The first-order valence-corrected chi connectivity index (χ1v) is 7.12. The van der Waals surface area contributed by atoms with Crippen LogP contribution >= 0.6 is 15.9 Å². The van der Waals surface area contributed by atoms with Gasteiger partial charge in [-0.25, -0.2) is 14.2 Å². The van der Waals surface area contributed by atoms with Gasteiger partial charge in [-0.2, -0.15) is 0 Å². The second-order valence-corrected chi connectivity index (χ2v) is 5.28. The van der Waals surface area contributed by atoms with Gasteiger partial charge < -0.3 is 15.0 Å². The fraction of sp³-hybridized carbons (Fsp3) is 0.214. The molecule has 2 aromatic rings. The second kappa shape index (κ2) is 7.17. The lowest BCUT2D eigenvalue weighted by Crippen LogP contribution is -2.43. The molecule has 2 rings (SSSR count). The zero-order valence-electron chi connectivity index (χ0n) is 11.6. The molecule has 1 aromatic heterocycles. The Bertz CT molecular complexity index is 656. The van der Waals surface area contributed by atoms with E-state index in [1.807, 2.05) is 0 Å². The number of carbonyl (C=O) groups excluding carboxylic acids is 2. The van der Waals surface area contributed by atoms with Crippen molar-refractivity contribution < 1.29 is 18.7 Å². The number of amides is 1. The topological polar surface area (TPSA) is 84.1 Å². The molecular weight excluding hydrogens is 357 g/mol. The average Bonchev–Trinajstić information content (AvgIpc) is 2.98. The number of rotatable bonds is 5. The number of ether oxygens (including phenoxy) is 1. The number of nitrogens with zero attached hydrogens (tertiary/aromatic N) is 1. The van der Waals surface area contributed by atoms with E-state index in [-0.39, 0.29) is 12.0 Å². The van der Waals surface area contributed by atoms with Gasteiger partial charge >= 0.3 is 5.97 Å². The summed E-state index contributed by atoms with van der Waals surface area (Å²) in [5, 5.41) is 2.47. The van der Waals surface area contributed by atoms with Crippen LogP contribution < -0.4 is 5.32 Å². The maximum absolute atomic E-state index is 13.8. The number of aromatic nitrogens is 2. The molecular formula is C14H13BrFN3O3. The normalized spacial score (nSPS) is 11.8. The summed E-state index contributed by atoms with van der Waals surface area (Å²) in [6.07, 6.45) is 3.14. The number of H-pyrrole nitrogens is 1. The molecule has 8 heteroatoms. The van der Waals surface area contributed by atoms with Gasteiger partial charge in [0.05, 0.1) is 19.0 Å². The molecule has 1 aromatic carbocycles. The molecule has 0 unspecified atom stereocenters. The minimum atomic E-state index is -0.954. The van der Waals surface area contributed by atoms with Gasteiger partial charge in [0.25, 0.3) is 5.91 Å². The fourth-order valence-corrected chi connectivity index (χ4v) is 2.42. The summed E-state index contributed by atoms with van der Waals surface area (Å²) in [6, 6.07) is 3.23.